The maximum Gasteiger partial charge on any atom is 0.272 e. The highest BCUT2D eigenvalue weighted by molar-refractivity contribution is 5.92. The van der Waals surface area contributed by atoms with Gasteiger partial charge in [0.2, 0.25) is 5.95 Å². The van der Waals surface area contributed by atoms with Gasteiger partial charge in [0.05, 0.1) is 0 Å². The summed E-state index contributed by atoms with van der Waals surface area (Å²) in [7, 11) is 1.98. The molecule has 1 aromatic rings. The van der Waals surface area contributed by atoms with Crippen LogP contribution in [0.1, 0.15) is 55.9 Å². The van der Waals surface area contributed by atoms with Gasteiger partial charge in [-0.1, -0.05) is 26.2 Å². The van der Waals surface area contributed by atoms with Crippen molar-refractivity contribution in [3.8, 4) is 0 Å². The van der Waals surface area contributed by atoms with Crippen molar-refractivity contribution < 1.29 is 4.79 Å². The van der Waals surface area contributed by atoms with Crippen molar-refractivity contribution in [3.63, 3.8) is 0 Å². The Morgan fingerprint density at radius 3 is 2.67 bits per heavy atom. The maximum atomic E-state index is 12.6. The van der Waals surface area contributed by atoms with Gasteiger partial charge in [0.25, 0.3) is 5.91 Å². The summed E-state index contributed by atoms with van der Waals surface area (Å²) in [5.41, 5.74) is 0.519. The first-order valence-electron chi connectivity index (χ1n) is 8.06. The summed E-state index contributed by atoms with van der Waals surface area (Å²) in [5.74, 6) is 0.688. The van der Waals surface area contributed by atoms with E-state index in [0.717, 1.165) is 45.3 Å². The molecular formula is C16H26N4O. The Morgan fingerprint density at radius 1 is 1.29 bits per heavy atom. The molecule has 1 saturated heterocycles. The van der Waals surface area contributed by atoms with E-state index in [9.17, 15) is 4.79 Å². The fourth-order valence-electron chi connectivity index (χ4n) is 2.58. The fourth-order valence-corrected chi connectivity index (χ4v) is 2.58. The normalized spacial score (nSPS) is 15.6. The molecule has 5 heteroatoms. The Balaban J connectivity index is 2.06. The highest BCUT2D eigenvalue weighted by Crippen LogP contribution is 2.14. The monoisotopic (exact) mass is 290 g/mol. The zero-order chi connectivity index (χ0) is 15.1. The fraction of sp³-hybridized carbons (Fsp3) is 0.688. The molecule has 0 atom stereocenters. The number of hydrogen-bond donors (Lipinski definition) is 0. The molecule has 1 aromatic heterocycles. The quantitative estimate of drug-likeness (QED) is 0.836. The van der Waals surface area contributed by atoms with E-state index in [2.05, 4.69) is 16.9 Å². The van der Waals surface area contributed by atoms with Crippen LogP contribution in [-0.2, 0) is 0 Å². The first kappa shape index (κ1) is 15.7. The lowest BCUT2D eigenvalue weighted by atomic mass is 10.2. The molecule has 0 aliphatic carbocycles. The molecular weight excluding hydrogens is 264 g/mol. The van der Waals surface area contributed by atoms with E-state index in [1.54, 1.807) is 12.3 Å². The first-order valence-corrected chi connectivity index (χ1v) is 8.06. The first-order chi connectivity index (χ1) is 10.2. The summed E-state index contributed by atoms with van der Waals surface area (Å²) in [4.78, 5) is 25.2. The van der Waals surface area contributed by atoms with E-state index >= 15 is 0 Å². The number of nitrogens with zero attached hydrogens (tertiary/aromatic N) is 4. The van der Waals surface area contributed by atoms with Crippen LogP contribution < -0.4 is 4.90 Å². The van der Waals surface area contributed by atoms with Crippen LogP contribution in [-0.4, -0.2) is 47.5 Å². The Morgan fingerprint density at radius 2 is 2.00 bits per heavy atom. The zero-order valence-corrected chi connectivity index (χ0v) is 13.2. The van der Waals surface area contributed by atoms with Gasteiger partial charge in [-0.25, -0.2) is 9.97 Å². The molecule has 0 N–H and O–H groups in total. The molecule has 5 nitrogen and oxygen atoms in total. The number of anilines is 1. The third-order valence-corrected chi connectivity index (χ3v) is 3.94. The Hall–Kier alpha value is -1.65. The van der Waals surface area contributed by atoms with E-state index in [4.69, 9.17) is 0 Å². The number of hydrogen-bond acceptors (Lipinski definition) is 4. The van der Waals surface area contributed by atoms with Gasteiger partial charge in [0.1, 0.15) is 5.69 Å². The summed E-state index contributed by atoms with van der Waals surface area (Å²) in [5, 5.41) is 0. The second kappa shape index (κ2) is 7.96. The minimum absolute atomic E-state index is 0.0458. The van der Waals surface area contributed by atoms with Crippen LogP contribution in [0, 0.1) is 0 Å². The molecule has 1 aliphatic heterocycles. The molecule has 2 rings (SSSR count). The standard InChI is InChI=1S/C16H26N4O/c1-3-4-11-19(2)16-17-10-9-14(18-16)15(21)20-12-7-5-6-8-13-20/h9-10H,3-8,11-13H2,1-2H3. The van der Waals surface area contributed by atoms with Gasteiger partial charge in [0, 0.05) is 32.9 Å². The second-order valence-electron chi connectivity index (χ2n) is 5.72. The largest absolute Gasteiger partial charge is 0.344 e. The molecule has 116 valence electrons. The number of rotatable bonds is 5. The molecule has 1 amide bonds. The third kappa shape index (κ3) is 4.41. The van der Waals surface area contributed by atoms with E-state index < -0.39 is 0 Å². The highest BCUT2D eigenvalue weighted by Gasteiger charge is 2.19. The Bertz CT molecular complexity index is 455. The van der Waals surface area contributed by atoms with Gasteiger partial charge in [-0.2, -0.15) is 0 Å². The number of amides is 1. The van der Waals surface area contributed by atoms with Crippen LogP contribution >= 0.6 is 0 Å². The third-order valence-electron chi connectivity index (χ3n) is 3.94. The molecule has 0 saturated carbocycles. The van der Waals surface area contributed by atoms with Crippen molar-refractivity contribution in [2.75, 3.05) is 31.6 Å². The van der Waals surface area contributed by atoms with Crippen LogP contribution in [0.3, 0.4) is 0 Å². The van der Waals surface area contributed by atoms with E-state index in [0.29, 0.717) is 11.6 Å². The van der Waals surface area contributed by atoms with Gasteiger partial charge in [-0.3, -0.25) is 4.79 Å². The van der Waals surface area contributed by atoms with Crippen LogP contribution in [0.25, 0.3) is 0 Å². The molecule has 1 aliphatic rings. The lowest BCUT2D eigenvalue weighted by molar-refractivity contribution is 0.0755. The molecule has 21 heavy (non-hydrogen) atoms. The lowest BCUT2D eigenvalue weighted by Crippen LogP contribution is -2.33. The van der Waals surface area contributed by atoms with Crippen molar-refractivity contribution >= 4 is 11.9 Å². The van der Waals surface area contributed by atoms with Crippen molar-refractivity contribution in [2.45, 2.75) is 45.4 Å². The molecule has 0 aromatic carbocycles. The van der Waals surface area contributed by atoms with Gasteiger partial charge < -0.3 is 9.80 Å². The minimum atomic E-state index is 0.0458. The molecule has 2 heterocycles. The Labute approximate surface area is 127 Å². The average Bonchev–Trinajstić information content (AvgIpc) is 2.81. The van der Waals surface area contributed by atoms with E-state index in [1.807, 2.05) is 16.8 Å². The number of likely N-dealkylation sites (tertiary alicyclic amines) is 1. The van der Waals surface area contributed by atoms with Crippen molar-refractivity contribution in [1.82, 2.24) is 14.9 Å². The number of carbonyl (C=O) groups is 1. The van der Waals surface area contributed by atoms with Crippen LogP contribution in [0.15, 0.2) is 12.3 Å². The average molecular weight is 290 g/mol. The lowest BCUT2D eigenvalue weighted by Gasteiger charge is -2.21. The van der Waals surface area contributed by atoms with Gasteiger partial charge in [0.15, 0.2) is 0 Å². The summed E-state index contributed by atoms with van der Waals surface area (Å²) in [6, 6.07) is 1.73. The predicted octanol–water partition coefficient (Wildman–Crippen LogP) is 2.73. The van der Waals surface area contributed by atoms with Crippen LogP contribution in [0.5, 0.6) is 0 Å². The topological polar surface area (TPSA) is 49.3 Å². The SMILES string of the molecule is CCCCN(C)c1nccc(C(=O)N2CCCCCC2)n1. The second-order valence-corrected chi connectivity index (χ2v) is 5.72. The molecule has 0 bridgehead atoms. The molecule has 1 fully saturated rings. The van der Waals surface area contributed by atoms with Crippen LogP contribution in [0.2, 0.25) is 0 Å². The van der Waals surface area contributed by atoms with Gasteiger partial charge in [-0.15, -0.1) is 0 Å². The molecule has 0 spiro atoms. The van der Waals surface area contributed by atoms with E-state index in [-0.39, 0.29) is 5.91 Å². The minimum Gasteiger partial charge on any atom is -0.344 e. The highest BCUT2D eigenvalue weighted by atomic mass is 16.2. The maximum absolute atomic E-state index is 12.6. The smallest absolute Gasteiger partial charge is 0.272 e. The van der Waals surface area contributed by atoms with Crippen molar-refractivity contribution in [3.05, 3.63) is 18.0 Å². The Kier molecular flexibility index (Phi) is 5.96. The van der Waals surface area contributed by atoms with Gasteiger partial charge >= 0.3 is 0 Å². The number of carbonyl (C=O) groups excluding carboxylic acids is 1. The van der Waals surface area contributed by atoms with Gasteiger partial charge in [-0.05, 0) is 25.3 Å². The molecule has 0 radical (unpaired) electrons. The summed E-state index contributed by atoms with van der Waals surface area (Å²) in [6.45, 7) is 4.78. The summed E-state index contributed by atoms with van der Waals surface area (Å²) < 4.78 is 0. The number of unbranched alkanes of at least 4 members (excludes halogenated alkanes) is 1. The molecule has 0 unspecified atom stereocenters. The summed E-state index contributed by atoms with van der Waals surface area (Å²) >= 11 is 0. The summed E-state index contributed by atoms with van der Waals surface area (Å²) in [6.07, 6.45) is 8.56. The zero-order valence-electron chi connectivity index (χ0n) is 13.2. The number of aromatic nitrogens is 2. The predicted molar refractivity (Wildman–Crippen MR) is 84.6 cm³/mol. The van der Waals surface area contributed by atoms with Crippen molar-refractivity contribution in [2.24, 2.45) is 0 Å². The van der Waals surface area contributed by atoms with E-state index in [1.165, 1.54) is 12.8 Å². The van der Waals surface area contributed by atoms with Crippen LogP contribution in [0.4, 0.5) is 5.95 Å². The van der Waals surface area contributed by atoms with Crippen molar-refractivity contribution in [1.29, 1.82) is 0 Å².